The molecule has 14 heavy (non-hydrogen) atoms. The molecule has 0 spiro atoms. The molecule has 0 radical (unpaired) electrons. The zero-order valence-electron chi connectivity index (χ0n) is 8.13. The predicted octanol–water partition coefficient (Wildman–Crippen LogP) is 1.30. The smallest absolute Gasteiger partial charge is 0.265 e. The molecule has 4 nitrogen and oxygen atoms in total. The highest BCUT2D eigenvalue weighted by atomic mass is 16.5. The summed E-state index contributed by atoms with van der Waals surface area (Å²) >= 11 is 0. The normalized spacial score (nSPS) is 19.6. The predicted molar refractivity (Wildman–Crippen MR) is 54.3 cm³/mol. The third kappa shape index (κ3) is 1.28. The van der Waals surface area contributed by atoms with Gasteiger partial charge in [-0.2, -0.15) is 0 Å². The Labute approximate surface area is 82.1 Å². The van der Waals surface area contributed by atoms with Crippen molar-refractivity contribution in [3.63, 3.8) is 0 Å². The summed E-state index contributed by atoms with van der Waals surface area (Å²) in [4.78, 5) is 11.3. The molecule has 74 valence electrons. The maximum Gasteiger partial charge on any atom is 0.265 e. The molecule has 4 heteroatoms. The number of aryl methyl sites for hydroxylation is 1. The summed E-state index contributed by atoms with van der Waals surface area (Å²) in [6.45, 7) is 3.61. The molecule has 1 aliphatic rings. The Bertz CT molecular complexity index is 401. The number of benzene rings is 1. The van der Waals surface area contributed by atoms with E-state index in [1.165, 1.54) is 0 Å². The highest BCUT2D eigenvalue weighted by Gasteiger charge is 2.25. The van der Waals surface area contributed by atoms with Crippen molar-refractivity contribution in [2.75, 3.05) is 11.1 Å². The van der Waals surface area contributed by atoms with E-state index in [4.69, 9.17) is 10.5 Å². The van der Waals surface area contributed by atoms with Crippen molar-refractivity contribution in [3.8, 4) is 5.75 Å². The monoisotopic (exact) mass is 192 g/mol. The van der Waals surface area contributed by atoms with Crippen LogP contribution in [0.4, 0.5) is 11.4 Å². The van der Waals surface area contributed by atoms with E-state index in [1.807, 2.05) is 19.1 Å². The number of nitrogens with one attached hydrogen (secondary N) is 1. The molecule has 1 heterocycles. The first kappa shape index (κ1) is 8.87. The number of fused-ring (bicyclic) bond motifs is 1. The minimum atomic E-state index is -0.479. The van der Waals surface area contributed by atoms with Crippen LogP contribution in [0.2, 0.25) is 0 Å². The Morgan fingerprint density at radius 3 is 2.93 bits per heavy atom. The number of hydrogen-bond acceptors (Lipinski definition) is 3. The molecule has 1 aromatic carbocycles. The van der Waals surface area contributed by atoms with Crippen LogP contribution in [0, 0.1) is 6.92 Å². The lowest BCUT2D eigenvalue weighted by Crippen LogP contribution is -2.34. The van der Waals surface area contributed by atoms with Crippen LogP contribution in [0.25, 0.3) is 0 Å². The van der Waals surface area contributed by atoms with Gasteiger partial charge in [-0.05, 0) is 31.5 Å². The average molecular weight is 192 g/mol. The van der Waals surface area contributed by atoms with Crippen LogP contribution >= 0.6 is 0 Å². The van der Waals surface area contributed by atoms with Crippen molar-refractivity contribution in [1.82, 2.24) is 0 Å². The van der Waals surface area contributed by atoms with E-state index in [-0.39, 0.29) is 5.91 Å². The van der Waals surface area contributed by atoms with Gasteiger partial charge in [0.25, 0.3) is 5.91 Å². The maximum atomic E-state index is 11.3. The fraction of sp³-hybridized carbons (Fsp3) is 0.300. The van der Waals surface area contributed by atoms with Gasteiger partial charge in [-0.1, -0.05) is 0 Å². The Kier molecular flexibility index (Phi) is 1.84. The molecular formula is C10H12N2O2. The van der Waals surface area contributed by atoms with Crippen molar-refractivity contribution in [2.24, 2.45) is 0 Å². The van der Waals surface area contributed by atoms with E-state index in [2.05, 4.69) is 5.32 Å². The van der Waals surface area contributed by atoms with Crippen molar-refractivity contribution in [3.05, 3.63) is 17.7 Å². The molecule has 1 aromatic rings. The quantitative estimate of drug-likeness (QED) is 0.609. The van der Waals surface area contributed by atoms with Crippen LogP contribution in [0.1, 0.15) is 12.5 Å². The molecule has 1 atom stereocenters. The van der Waals surface area contributed by atoms with Crippen LogP contribution < -0.4 is 15.8 Å². The molecule has 2 rings (SSSR count). The first-order valence-corrected chi connectivity index (χ1v) is 4.45. The molecule has 1 amide bonds. The number of anilines is 2. The van der Waals surface area contributed by atoms with Gasteiger partial charge in [0, 0.05) is 0 Å². The van der Waals surface area contributed by atoms with Gasteiger partial charge in [0.2, 0.25) is 0 Å². The third-order valence-corrected chi connectivity index (χ3v) is 2.18. The van der Waals surface area contributed by atoms with Crippen molar-refractivity contribution < 1.29 is 9.53 Å². The van der Waals surface area contributed by atoms with Gasteiger partial charge in [0.15, 0.2) is 11.9 Å². The first-order chi connectivity index (χ1) is 6.58. The van der Waals surface area contributed by atoms with E-state index in [9.17, 15) is 4.79 Å². The number of ether oxygens (including phenoxy) is 1. The van der Waals surface area contributed by atoms with E-state index in [1.54, 1.807) is 6.92 Å². The van der Waals surface area contributed by atoms with Crippen LogP contribution in [-0.4, -0.2) is 12.0 Å². The summed E-state index contributed by atoms with van der Waals surface area (Å²) in [6.07, 6.45) is -0.479. The summed E-state index contributed by atoms with van der Waals surface area (Å²) in [5.74, 6) is 0.435. The fourth-order valence-corrected chi connectivity index (χ4v) is 1.49. The maximum absolute atomic E-state index is 11.3. The molecule has 1 aliphatic heterocycles. The second kappa shape index (κ2) is 2.90. The SMILES string of the molecule is Cc1cc(N)c2c(c1)NC(=O)C(C)O2. The molecule has 0 aliphatic carbocycles. The lowest BCUT2D eigenvalue weighted by molar-refractivity contribution is -0.122. The van der Waals surface area contributed by atoms with Gasteiger partial charge in [0.1, 0.15) is 0 Å². The van der Waals surface area contributed by atoms with Crippen molar-refractivity contribution in [2.45, 2.75) is 20.0 Å². The van der Waals surface area contributed by atoms with E-state index < -0.39 is 6.10 Å². The van der Waals surface area contributed by atoms with Crippen molar-refractivity contribution in [1.29, 1.82) is 0 Å². The summed E-state index contributed by atoms with van der Waals surface area (Å²) in [6, 6.07) is 3.67. The summed E-state index contributed by atoms with van der Waals surface area (Å²) in [5, 5.41) is 2.75. The molecule has 0 saturated carbocycles. The molecule has 0 saturated heterocycles. The second-order valence-corrected chi connectivity index (χ2v) is 3.48. The van der Waals surface area contributed by atoms with Gasteiger partial charge in [-0.25, -0.2) is 0 Å². The van der Waals surface area contributed by atoms with Gasteiger partial charge < -0.3 is 15.8 Å². The molecule has 0 fully saturated rings. The molecular weight excluding hydrogens is 180 g/mol. The van der Waals surface area contributed by atoms with Gasteiger partial charge in [0.05, 0.1) is 11.4 Å². The molecule has 0 aromatic heterocycles. The lowest BCUT2D eigenvalue weighted by Gasteiger charge is -2.24. The second-order valence-electron chi connectivity index (χ2n) is 3.48. The van der Waals surface area contributed by atoms with Crippen LogP contribution in [0.3, 0.4) is 0 Å². The number of amides is 1. The molecule has 0 bridgehead atoms. The summed E-state index contributed by atoms with van der Waals surface area (Å²) in [5.41, 5.74) is 7.99. The molecule has 3 N–H and O–H groups in total. The van der Waals surface area contributed by atoms with E-state index in [0.717, 1.165) is 5.56 Å². The van der Waals surface area contributed by atoms with Gasteiger partial charge in [-0.3, -0.25) is 4.79 Å². The number of hydrogen-bond donors (Lipinski definition) is 2. The number of nitrogen functional groups attached to an aromatic ring is 1. The standard InChI is InChI=1S/C10H12N2O2/c1-5-3-7(11)9-8(4-5)12-10(13)6(2)14-9/h3-4,6H,11H2,1-2H3,(H,12,13). The number of rotatable bonds is 0. The Balaban J connectivity index is 2.51. The van der Waals surface area contributed by atoms with Crippen LogP contribution in [-0.2, 0) is 4.79 Å². The van der Waals surface area contributed by atoms with Crippen LogP contribution in [0.15, 0.2) is 12.1 Å². The van der Waals surface area contributed by atoms with E-state index >= 15 is 0 Å². The zero-order chi connectivity index (χ0) is 10.3. The molecule has 1 unspecified atom stereocenters. The largest absolute Gasteiger partial charge is 0.477 e. The fourth-order valence-electron chi connectivity index (χ4n) is 1.49. The van der Waals surface area contributed by atoms with Crippen molar-refractivity contribution >= 4 is 17.3 Å². The number of carbonyl (C=O) groups excluding carboxylic acids is 1. The average Bonchev–Trinajstić information content (AvgIpc) is 2.08. The lowest BCUT2D eigenvalue weighted by atomic mass is 10.1. The Hall–Kier alpha value is -1.71. The first-order valence-electron chi connectivity index (χ1n) is 4.45. The summed E-state index contributed by atoms with van der Waals surface area (Å²) in [7, 11) is 0. The Morgan fingerprint density at radius 2 is 2.21 bits per heavy atom. The van der Waals surface area contributed by atoms with Gasteiger partial charge >= 0.3 is 0 Å². The van der Waals surface area contributed by atoms with Gasteiger partial charge in [-0.15, -0.1) is 0 Å². The highest BCUT2D eigenvalue weighted by Crippen LogP contribution is 2.36. The number of nitrogens with two attached hydrogens (primary N) is 1. The minimum Gasteiger partial charge on any atom is -0.477 e. The minimum absolute atomic E-state index is 0.137. The van der Waals surface area contributed by atoms with E-state index in [0.29, 0.717) is 17.1 Å². The topological polar surface area (TPSA) is 64.3 Å². The third-order valence-electron chi connectivity index (χ3n) is 2.18. The summed E-state index contributed by atoms with van der Waals surface area (Å²) < 4.78 is 5.39. The highest BCUT2D eigenvalue weighted by molar-refractivity contribution is 5.99. The number of carbonyl (C=O) groups is 1. The Morgan fingerprint density at radius 1 is 1.50 bits per heavy atom. The van der Waals surface area contributed by atoms with Crippen LogP contribution in [0.5, 0.6) is 5.75 Å². The zero-order valence-corrected chi connectivity index (χ0v) is 8.13.